The minimum absolute atomic E-state index is 0.0915. The van der Waals surface area contributed by atoms with Crippen molar-refractivity contribution in [3.8, 4) is 0 Å². The summed E-state index contributed by atoms with van der Waals surface area (Å²) < 4.78 is 10.4. The van der Waals surface area contributed by atoms with Crippen molar-refractivity contribution in [3.05, 3.63) is 35.9 Å². The Morgan fingerprint density at radius 1 is 1.08 bits per heavy atom. The summed E-state index contributed by atoms with van der Waals surface area (Å²) in [6, 6.07) is 9.27. The number of hydrogen-bond acceptors (Lipinski definition) is 5. The fraction of sp³-hybridized carbons (Fsp3) is 0.471. The van der Waals surface area contributed by atoms with Crippen LogP contribution in [0.5, 0.6) is 0 Å². The molecule has 24 heavy (non-hydrogen) atoms. The molecule has 130 valence electrons. The second-order valence-electron chi connectivity index (χ2n) is 6.49. The highest BCUT2D eigenvalue weighted by Crippen LogP contribution is 2.13. The number of amides is 3. The van der Waals surface area contributed by atoms with Gasteiger partial charge in [-0.05, 0) is 26.3 Å². The van der Waals surface area contributed by atoms with Crippen LogP contribution in [-0.4, -0.2) is 53.1 Å². The molecule has 2 rings (SSSR count). The van der Waals surface area contributed by atoms with Crippen molar-refractivity contribution in [3.63, 3.8) is 0 Å². The number of carbonyl (C=O) groups excluding carboxylic acids is 3. The van der Waals surface area contributed by atoms with Gasteiger partial charge in [0.2, 0.25) is 0 Å². The maximum absolute atomic E-state index is 12.1. The lowest BCUT2D eigenvalue weighted by Gasteiger charge is -2.33. The van der Waals surface area contributed by atoms with E-state index in [1.54, 1.807) is 20.8 Å². The molecule has 7 nitrogen and oxygen atoms in total. The minimum Gasteiger partial charge on any atom is -0.445 e. The number of benzene rings is 1. The van der Waals surface area contributed by atoms with E-state index < -0.39 is 23.7 Å². The predicted octanol–water partition coefficient (Wildman–Crippen LogP) is 2.40. The summed E-state index contributed by atoms with van der Waals surface area (Å²) >= 11 is 0. The van der Waals surface area contributed by atoms with Crippen LogP contribution in [0.4, 0.5) is 9.59 Å². The molecular weight excluding hydrogens is 312 g/mol. The zero-order valence-corrected chi connectivity index (χ0v) is 14.2. The van der Waals surface area contributed by atoms with Crippen molar-refractivity contribution in [1.82, 2.24) is 9.80 Å². The van der Waals surface area contributed by atoms with Crippen LogP contribution in [0, 0.1) is 0 Å². The van der Waals surface area contributed by atoms with Gasteiger partial charge in [-0.3, -0.25) is 9.69 Å². The monoisotopic (exact) mass is 334 g/mol. The maximum atomic E-state index is 12.1. The van der Waals surface area contributed by atoms with Crippen LogP contribution >= 0.6 is 0 Å². The molecule has 0 aliphatic carbocycles. The highest BCUT2D eigenvalue weighted by atomic mass is 16.6. The molecule has 0 radical (unpaired) electrons. The summed E-state index contributed by atoms with van der Waals surface area (Å²) in [5.41, 5.74) is 0.188. The van der Waals surface area contributed by atoms with Gasteiger partial charge in [-0.25, -0.2) is 14.5 Å². The zero-order chi connectivity index (χ0) is 17.7. The Morgan fingerprint density at radius 2 is 1.75 bits per heavy atom. The van der Waals surface area contributed by atoms with Gasteiger partial charge in [-0.15, -0.1) is 0 Å². The zero-order valence-electron chi connectivity index (χ0n) is 14.2. The molecule has 0 spiro atoms. The molecule has 1 aliphatic heterocycles. The number of piperazine rings is 1. The van der Waals surface area contributed by atoms with Gasteiger partial charge in [0.05, 0.1) is 0 Å². The first-order valence-corrected chi connectivity index (χ1v) is 7.75. The van der Waals surface area contributed by atoms with Crippen LogP contribution in [0.2, 0.25) is 0 Å². The smallest absolute Gasteiger partial charge is 0.417 e. The van der Waals surface area contributed by atoms with Gasteiger partial charge in [0.1, 0.15) is 18.8 Å². The summed E-state index contributed by atoms with van der Waals surface area (Å²) in [5, 5.41) is 0. The first kappa shape index (κ1) is 17.8. The highest BCUT2D eigenvalue weighted by molar-refractivity contribution is 5.95. The number of rotatable bonds is 2. The SMILES string of the molecule is CC(C)(C)OC(=O)N1CCN(C(=O)OCc2ccccc2)CC1=O. The molecule has 1 aromatic carbocycles. The van der Waals surface area contributed by atoms with Crippen LogP contribution in [0.1, 0.15) is 26.3 Å². The summed E-state index contributed by atoms with van der Waals surface area (Å²) in [5.74, 6) is -0.479. The summed E-state index contributed by atoms with van der Waals surface area (Å²) in [6.07, 6.45) is -1.26. The van der Waals surface area contributed by atoms with Crippen LogP contribution < -0.4 is 0 Å². The van der Waals surface area contributed by atoms with Crippen molar-refractivity contribution in [2.24, 2.45) is 0 Å². The normalized spacial score (nSPS) is 15.2. The lowest BCUT2D eigenvalue weighted by molar-refractivity contribution is -0.134. The number of imide groups is 1. The van der Waals surface area contributed by atoms with Crippen LogP contribution in [0.3, 0.4) is 0 Å². The molecule has 0 aromatic heterocycles. The van der Waals surface area contributed by atoms with E-state index >= 15 is 0 Å². The summed E-state index contributed by atoms with van der Waals surface area (Å²) in [6.45, 7) is 5.44. The minimum atomic E-state index is -0.690. The molecule has 1 saturated heterocycles. The molecule has 0 atom stereocenters. The Kier molecular flexibility index (Phi) is 5.43. The molecule has 1 heterocycles. The predicted molar refractivity (Wildman–Crippen MR) is 86.1 cm³/mol. The number of carbonyl (C=O) groups is 3. The fourth-order valence-electron chi connectivity index (χ4n) is 2.15. The van der Waals surface area contributed by atoms with Crippen LogP contribution in [0.15, 0.2) is 30.3 Å². The lowest BCUT2D eigenvalue weighted by atomic mass is 10.2. The Hall–Kier alpha value is -2.57. The highest BCUT2D eigenvalue weighted by Gasteiger charge is 2.34. The van der Waals surface area contributed by atoms with E-state index in [4.69, 9.17) is 9.47 Å². The van der Waals surface area contributed by atoms with E-state index in [0.717, 1.165) is 10.5 Å². The van der Waals surface area contributed by atoms with E-state index in [1.165, 1.54) is 4.90 Å². The topological polar surface area (TPSA) is 76.2 Å². The number of ether oxygens (including phenoxy) is 2. The molecule has 3 amide bonds. The van der Waals surface area contributed by atoms with Crippen LogP contribution in [-0.2, 0) is 20.9 Å². The Bertz CT molecular complexity index is 609. The lowest BCUT2D eigenvalue weighted by Crippen LogP contribution is -2.55. The van der Waals surface area contributed by atoms with Crippen LogP contribution in [0.25, 0.3) is 0 Å². The Morgan fingerprint density at radius 3 is 2.33 bits per heavy atom. The van der Waals surface area contributed by atoms with E-state index in [9.17, 15) is 14.4 Å². The molecule has 0 bridgehead atoms. The largest absolute Gasteiger partial charge is 0.445 e. The molecule has 0 saturated carbocycles. The molecule has 0 unspecified atom stereocenters. The maximum Gasteiger partial charge on any atom is 0.417 e. The quantitative estimate of drug-likeness (QED) is 0.830. The van der Waals surface area contributed by atoms with Crippen molar-refractivity contribution in [1.29, 1.82) is 0 Å². The first-order valence-electron chi connectivity index (χ1n) is 7.75. The third-order valence-corrected chi connectivity index (χ3v) is 3.30. The standard InChI is InChI=1S/C17H22N2O5/c1-17(2,3)24-16(22)19-10-9-18(11-14(19)20)15(21)23-12-13-7-5-4-6-8-13/h4-8H,9-12H2,1-3H3. The Labute approximate surface area is 141 Å². The molecule has 1 aliphatic rings. The molecule has 7 heteroatoms. The third kappa shape index (κ3) is 4.97. The number of nitrogens with zero attached hydrogens (tertiary/aromatic N) is 2. The van der Waals surface area contributed by atoms with Gasteiger partial charge in [0.25, 0.3) is 5.91 Å². The van der Waals surface area contributed by atoms with Crippen molar-refractivity contribution >= 4 is 18.1 Å². The average Bonchev–Trinajstić information content (AvgIpc) is 2.51. The van der Waals surface area contributed by atoms with Crippen molar-refractivity contribution < 1.29 is 23.9 Å². The van der Waals surface area contributed by atoms with Gasteiger partial charge >= 0.3 is 12.2 Å². The van der Waals surface area contributed by atoms with E-state index in [1.807, 2.05) is 30.3 Å². The second kappa shape index (κ2) is 7.33. The number of hydrogen-bond donors (Lipinski definition) is 0. The molecule has 0 N–H and O–H groups in total. The molecule has 1 aromatic rings. The van der Waals surface area contributed by atoms with Crippen molar-refractivity contribution in [2.75, 3.05) is 19.6 Å². The van der Waals surface area contributed by atoms with Gasteiger partial charge in [0.15, 0.2) is 0 Å². The average molecular weight is 334 g/mol. The van der Waals surface area contributed by atoms with E-state index in [0.29, 0.717) is 0 Å². The summed E-state index contributed by atoms with van der Waals surface area (Å²) in [4.78, 5) is 38.4. The molecular formula is C17H22N2O5. The van der Waals surface area contributed by atoms with Crippen molar-refractivity contribution in [2.45, 2.75) is 33.0 Å². The van der Waals surface area contributed by atoms with E-state index in [2.05, 4.69) is 0 Å². The second-order valence-corrected chi connectivity index (χ2v) is 6.49. The molecule has 1 fully saturated rings. The summed E-state index contributed by atoms with van der Waals surface area (Å²) in [7, 11) is 0. The first-order chi connectivity index (χ1) is 11.3. The van der Waals surface area contributed by atoms with Gasteiger partial charge in [-0.1, -0.05) is 30.3 Å². The fourth-order valence-corrected chi connectivity index (χ4v) is 2.15. The Balaban J connectivity index is 1.85. The third-order valence-electron chi connectivity index (χ3n) is 3.30. The van der Waals surface area contributed by atoms with Gasteiger partial charge in [0, 0.05) is 13.1 Å². The van der Waals surface area contributed by atoms with E-state index in [-0.39, 0.29) is 26.2 Å². The van der Waals surface area contributed by atoms with Gasteiger partial charge in [-0.2, -0.15) is 0 Å². The van der Waals surface area contributed by atoms with Gasteiger partial charge < -0.3 is 9.47 Å².